The SMILES string of the molecule is O=S(=O)(CCCF)NCC(F)F. The number of nitrogens with one attached hydrogen (secondary N) is 1. The summed E-state index contributed by atoms with van der Waals surface area (Å²) in [7, 11) is -3.71. The largest absolute Gasteiger partial charge is 0.251 e. The Morgan fingerprint density at radius 1 is 1.33 bits per heavy atom. The van der Waals surface area contributed by atoms with Crippen LogP contribution < -0.4 is 4.72 Å². The summed E-state index contributed by atoms with van der Waals surface area (Å²) in [6.07, 6.45) is -2.89. The highest BCUT2D eigenvalue weighted by atomic mass is 32.2. The first-order chi connectivity index (χ1) is 5.48. The molecule has 0 aromatic rings. The zero-order valence-electron chi connectivity index (χ0n) is 6.26. The molecule has 0 atom stereocenters. The Kier molecular flexibility index (Phi) is 5.23. The van der Waals surface area contributed by atoms with Crippen molar-refractivity contribution < 1.29 is 21.6 Å². The Balaban J connectivity index is 3.73. The van der Waals surface area contributed by atoms with Crippen molar-refractivity contribution in [3.63, 3.8) is 0 Å². The zero-order chi connectivity index (χ0) is 9.61. The first kappa shape index (κ1) is 11.7. The highest BCUT2D eigenvalue weighted by Gasteiger charge is 2.12. The van der Waals surface area contributed by atoms with Crippen LogP contribution in [0.15, 0.2) is 0 Å². The summed E-state index contributed by atoms with van der Waals surface area (Å²) in [6.45, 7) is -1.68. The Morgan fingerprint density at radius 3 is 2.33 bits per heavy atom. The predicted octanol–water partition coefficient (Wildman–Crippen LogP) is 0.530. The summed E-state index contributed by atoms with van der Waals surface area (Å²) in [5.74, 6) is -0.448. The fourth-order valence-electron chi connectivity index (χ4n) is 0.507. The minimum Gasteiger partial charge on any atom is -0.251 e. The lowest BCUT2D eigenvalue weighted by molar-refractivity contribution is 0.153. The molecule has 1 N–H and O–H groups in total. The van der Waals surface area contributed by atoms with Gasteiger partial charge in [0.15, 0.2) is 0 Å². The second kappa shape index (κ2) is 5.36. The maximum Gasteiger partial charge on any atom is 0.251 e. The zero-order valence-corrected chi connectivity index (χ0v) is 7.08. The van der Waals surface area contributed by atoms with Gasteiger partial charge in [0.05, 0.1) is 19.0 Å². The average molecular weight is 205 g/mol. The molecule has 0 aliphatic rings. The second-order valence-corrected chi connectivity index (χ2v) is 4.03. The van der Waals surface area contributed by atoms with Crippen molar-refractivity contribution in [2.45, 2.75) is 12.8 Å². The second-order valence-electron chi connectivity index (χ2n) is 2.10. The van der Waals surface area contributed by atoms with Crippen molar-refractivity contribution in [2.75, 3.05) is 19.0 Å². The van der Waals surface area contributed by atoms with Crippen LogP contribution in [0.25, 0.3) is 0 Å². The molecular weight excluding hydrogens is 195 g/mol. The molecule has 3 nitrogen and oxygen atoms in total. The summed E-state index contributed by atoms with van der Waals surface area (Å²) < 4.78 is 57.5. The predicted molar refractivity (Wildman–Crippen MR) is 38.4 cm³/mol. The van der Waals surface area contributed by atoms with Gasteiger partial charge in [0.1, 0.15) is 0 Å². The lowest BCUT2D eigenvalue weighted by atomic mass is 10.6. The number of halogens is 3. The van der Waals surface area contributed by atoms with Crippen LogP contribution >= 0.6 is 0 Å². The van der Waals surface area contributed by atoms with Crippen LogP contribution in [0.4, 0.5) is 13.2 Å². The van der Waals surface area contributed by atoms with Crippen LogP contribution in [0.2, 0.25) is 0 Å². The molecule has 0 aromatic carbocycles. The van der Waals surface area contributed by atoms with Crippen LogP contribution in [0, 0.1) is 0 Å². The topological polar surface area (TPSA) is 46.2 Å². The normalized spacial score (nSPS) is 12.3. The van der Waals surface area contributed by atoms with Gasteiger partial charge in [-0.05, 0) is 6.42 Å². The molecular formula is C5H10F3NO2S. The molecule has 0 spiro atoms. The first-order valence-corrected chi connectivity index (χ1v) is 4.94. The Labute approximate surface area is 69.0 Å². The van der Waals surface area contributed by atoms with Crippen molar-refractivity contribution in [1.82, 2.24) is 4.72 Å². The molecule has 0 aromatic heterocycles. The van der Waals surface area contributed by atoms with E-state index in [9.17, 15) is 21.6 Å². The highest BCUT2D eigenvalue weighted by molar-refractivity contribution is 7.89. The Hall–Kier alpha value is -0.300. The maximum atomic E-state index is 11.5. The van der Waals surface area contributed by atoms with Gasteiger partial charge in [0, 0.05) is 0 Å². The smallest absolute Gasteiger partial charge is 0.251 e. The van der Waals surface area contributed by atoms with Crippen molar-refractivity contribution in [3.05, 3.63) is 0 Å². The number of rotatable bonds is 6. The van der Waals surface area contributed by atoms with Crippen LogP contribution in [0.3, 0.4) is 0 Å². The molecule has 7 heteroatoms. The number of hydrogen-bond acceptors (Lipinski definition) is 2. The molecule has 0 amide bonds. The first-order valence-electron chi connectivity index (χ1n) is 3.29. The van der Waals surface area contributed by atoms with Crippen LogP contribution in [-0.4, -0.2) is 33.8 Å². The minimum atomic E-state index is -3.71. The van der Waals surface area contributed by atoms with Crippen LogP contribution in [0.5, 0.6) is 0 Å². The highest BCUT2D eigenvalue weighted by Crippen LogP contribution is 1.93. The molecule has 0 unspecified atom stereocenters. The van der Waals surface area contributed by atoms with Crippen LogP contribution in [-0.2, 0) is 10.0 Å². The van der Waals surface area contributed by atoms with Crippen molar-refractivity contribution >= 4 is 10.0 Å². The lowest BCUT2D eigenvalue weighted by Gasteiger charge is -2.03. The average Bonchev–Trinajstić information content (AvgIpc) is 1.98. The van der Waals surface area contributed by atoms with Gasteiger partial charge in [0.2, 0.25) is 10.0 Å². The fourth-order valence-corrected chi connectivity index (χ4v) is 1.52. The summed E-state index contributed by atoms with van der Waals surface area (Å²) in [4.78, 5) is 0. The molecule has 0 rings (SSSR count). The van der Waals surface area contributed by atoms with Crippen molar-refractivity contribution in [2.24, 2.45) is 0 Å². The molecule has 74 valence electrons. The van der Waals surface area contributed by atoms with Gasteiger partial charge in [-0.3, -0.25) is 4.39 Å². The Bertz CT molecular complexity index is 205. The molecule has 0 radical (unpaired) electrons. The van der Waals surface area contributed by atoms with E-state index in [4.69, 9.17) is 0 Å². The van der Waals surface area contributed by atoms with E-state index in [0.717, 1.165) is 0 Å². The Morgan fingerprint density at radius 2 is 1.92 bits per heavy atom. The third-order valence-electron chi connectivity index (χ3n) is 1.00. The quantitative estimate of drug-likeness (QED) is 0.687. The van der Waals surface area contributed by atoms with E-state index < -0.39 is 35.4 Å². The van der Waals surface area contributed by atoms with E-state index in [2.05, 4.69) is 0 Å². The lowest BCUT2D eigenvalue weighted by Crippen LogP contribution is -2.30. The molecule has 0 heterocycles. The molecule has 0 saturated carbocycles. The summed E-state index contributed by atoms with van der Waals surface area (Å²) in [5, 5.41) is 0. The van der Waals surface area contributed by atoms with Crippen molar-refractivity contribution in [3.8, 4) is 0 Å². The summed E-state index contributed by atoms with van der Waals surface area (Å²) >= 11 is 0. The molecule has 12 heavy (non-hydrogen) atoms. The van der Waals surface area contributed by atoms with Gasteiger partial charge < -0.3 is 0 Å². The fraction of sp³-hybridized carbons (Fsp3) is 1.00. The number of alkyl halides is 3. The standard InChI is InChI=1S/C5H10F3NO2S/c6-2-1-3-12(10,11)9-4-5(7)8/h5,9H,1-4H2. The van der Waals surface area contributed by atoms with E-state index in [-0.39, 0.29) is 6.42 Å². The van der Waals surface area contributed by atoms with Gasteiger partial charge in [0.25, 0.3) is 6.43 Å². The van der Waals surface area contributed by atoms with E-state index in [0.29, 0.717) is 0 Å². The molecule has 0 aliphatic carbocycles. The minimum absolute atomic E-state index is 0.168. The van der Waals surface area contributed by atoms with Gasteiger partial charge in [-0.25, -0.2) is 21.9 Å². The number of hydrogen-bond donors (Lipinski definition) is 1. The van der Waals surface area contributed by atoms with E-state index in [1.807, 2.05) is 0 Å². The third kappa shape index (κ3) is 6.41. The summed E-state index contributed by atoms with van der Waals surface area (Å²) in [6, 6.07) is 0. The van der Waals surface area contributed by atoms with Gasteiger partial charge in [-0.1, -0.05) is 0 Å². The number of sulfonamides is 1. The molecule has 0 aliphatic heterocycles. The van der Waals surface area contributed by atoms with E-state index in [1.165, 1.54) is 0 Å². The van der Waals surface area contributed by atoms with Crippen molar-refractivity contribution in [1.29, 1.82) is 0 Å². The van der Waals surface area contributed by atoms with Gasteiger partial charge >= 0.3 is 0 Å². The molecule has 0 saturated heterocycles. The summed E-state index contributed by atoms with van der Waals surface area (Å²) in [5.41, 5.74) is 0. The molecule has 0 fully saturated rings. The van der Waals surface area contributed by atoms with Crippen LogP contribution in [0.1, 0.15) is 6.42 Å². The van der Waals surface area contributed by atoms with Gasteiger partial charge in [-0.15, -0.1) is 0 Å². The van der Waals surface area contributed by atoms with Gasteiger partial charge in [-0.2, -0.15) is 0 Å². The third-order valence-corrected chi connectivity index (χ3v) is 2.44. The molecule has 0 bridgehead atoms. The maximum absolute atomic E-state index is 11.5. The van der Waals surface area contributed by atoms with E-state index >= 15 is 0 Å². The monoisotopic (exact) mass is 205 g/mol. The van der Waals surface area contributed by atoms with E-state index in [1.54, 1.807) is 4.72 Å².